The maximum Gasteiger partial charge on any atom is 0.223 e. The molecule has 2 aliphatic rings. The maximum absolute atomic E-state index is 12.1. The summed E-state index contributed by atoms with van der Waals surface area (Å²) in [5.74, 6) is 1.51. The minimum atomic E-state index is 0.105. The smallest absolute Gasteiger partial charge is 0.223 e. The van der Waals surface area contributed by atoms with Gasteiger partial charge in [-0.05, 0) is 50.7 Å². The summed E-state index contributed by atoms with van der Waals surface area (Å²) in [5, 5.41) is 4.31. The van der Waals surface area contributed by atoms with E-state index in [4.69, 9.17) is 9.40 Å². The van der Waals surface area contributed by atoms with Gasteiger partial charge in [-0.1, -0.05) is 0 Å². The van der Waals surface area contributed by atoms with E-state index < -0.39 is 0 Å². The van der Waals surface area contributed by atoms with Crippen LogP contribution < -0.4 is 5.32 Å². The number of aryl methyl sites for hydroxylation is 3. The number of nitrogens with one attached hydrogen (secondary N) is 1. The fourth-order valence-electron chi connectivity index (χ4n) is 3.40. The minimum absolute atomic E-state index is 0.105. The third-order valence-corrected chi connectivity index (χ3v) is 6.01. The van der Waals surface area contributed by atoms with Crippen molar-refractivity contribution in [3.63, 3.8) is 0 Å². The second-order valence-electron chi connectivity index (χ2n) is 6.54. The average Bonchev–Trinajstić information content (AvgIpc) is 2.99. The zero-order valence-electron chi connectivity index (χ0n) is 13.2. The standard InChI is InChI=1S/C18H22N2O2S/c21-18(13-11-12(13)15-6-4-10-22-15)19-9-3-8-17-20-14-5-1-2-7-16(14)23-17/h4,6,10,12-13H,1-3,5,7-9,11H2,(H,19,21)/t12-,13+/m1/s1. The quantitative estimate of drug-likeness (QED) is 0.825. The molecule has 2 heterocycles. The van der Waals surface area contributed by atoms with Crippen molar-refractivity contribution in [3.05, 3.63) is 39.7 Å². The number of hydrogen-bond donors (Lipinski definition) is 1. The highest BCUT2D eigenvalue weighted by Crippen LogP contribution is 2.47. The van der Waals surface area contributed by atoms with Crippen molar-refractivity contribution >= 4 is 17.2 Å². The first-order chi connectivity index (χ1) is 11.3. The summed E-state index contributed by atoms with van der Waals surface area (Å²) in [6.07, 6.45) is 9.49. The maximum atomic E-state index is 12.1. The van der Waals surface area contributed by atoms with Crippen molar-refractivity contribution < 1.29 is 9.21 Å². The van der Waals surface area contributed by atoms with E-state index in [-0.39, 0.29) is 17.7 Å². The summed E-state index contributed by atoms with van der Waals surface area (Å²) in [7, 11) is 0. The Kier molecular flexibility index (Phi) is 4.21. The summed E-state index contributed by atoms with van der Waals surface area (Å²) in [4.78, 5) is 18.4. The van der Waals surface area contributed by atoms with Gasteiger partial charge in [0.05, 0.1) is 17.0 Å². The Bertz CT molecular complexity index is 654. The Labute approximate surface area is 140 Å². The molecule has 0 aliphatic heterocycles. The number of thiazole rings is 1. The molecule has 2 aliphatic carbocycles. The van der Waals surface area contributed by atoms with E-state index in [2.05, 4.69) is 5.32 Å². The molecular weight excluding hydrogens is 308 g/mol. The van der Waals surface area contributed by atoms with Crippen LogP contribution in [0.5, 0.6) is 0 Å². The Morgan fingerprint density at radius 2 is 2.30 bits per heavy atom. The van der Waals surface area contributed by atoms with Crippen molar-refractivity contribution in [3.8, 4) is 0 Å². The largest absolute Gasteiger partial charge is 0.469 e. The Morgan fingerprint density at radius 1 is 1.39 bits per heavy atom. The fourth-order valence-corrected chi connectivity index (χ4v) is 4.59. The molecule has 0 bridgehead atoms. The van der Waals surface area contributed by atoms with Gasteiger partial charge in [-0.2, -0.15) is 0 Å². The Hall–Kier alpha value is -1.62. The first-order valence-electron chi connectivity index (χ1n) is 8.60. The topological polar surface area (TPSA) is 55.1 Å². The predicted octanol–water partition coefficient (Wildman–Crippen LogP) is 3.47. The van der Waals surface area contributed by atoms with Crippen molar-refractivity contribution in [2.75, 3.05) is 6.54 Å². The van der Waals surface area contributed by atoms with Crippen LogP contribution in [-0.2, 0) is 24.1 Å². The predicted molar refractivity (Wildman–Crippen MR) is 89.6 cm³/mol. The molecule has 1 saturated carbocycles. The number of furan rings is 1. The van der Waals surface area contributed by atoms with Crippen LogP contribution in [0.4, 0.5) is 0 Å². The van der Waals surface area contributed by atoms with Gasteiger partial charge in [0, 0.05) is 29.7 Å². The lowest BCUT2D eigenvalue weighted by atomic mass is 10.0. The molecule has 0 spiro atoms. The van der Waals surface area contributed by atoms with Gasteiger partial charge in [0.25, 0.3) is 0 Å². The van der Waals surface area contributed by atoms with E-state index in [0.717, 1.165) is 38.0 Å². The van der Waals surface area contributed by atoms with Gasteiger partial charge in [0.1, 0.15) is 5.76 Å². The molecule has 5 heteroatoms. The van der Waals surface area contributed by atoms with Crippen LogP contribution in [0.3, 0.4) is 0 Å². The lowest BCUT2D eigenvalue weighted by Crippen LogP contribution is -2.26. The molecule has 2 aromatic heterocycles. The van der Waals surface area contributed by atoms with E-state index in [1.165, 1.54) is 34.8 Å². The number of rotatable bonds is 6. The second-order valence-corrected chi connectivity index (χ2v) is 7.71. The van der Waals surface area contributed by atoms with Crippen molar-refractivity contribution in [2.24, 2.45) is 5.92 Å². The lowest BCUT2D eigenvalue weighted by molar-refractivity contribution is -0.122. The van der Waals surface area contributed by atoms with Crippen LogP contribution in [0.15, 0.2) is 22.8 Å². The number of amides is 1. The van der Waals surface area contributed by atoms with Crippen LogP contribution in [-0.4, -0.2) is 17.4 Å². The summed E-state index contributed by atoms with van der Waals surface area (Å²) in [6.45, 7) is 0.741. The second kappa shape index (κ2) is 6.48. The normalized spacial score (nSPS) is 22.6. The number of carbonyl (C=O) groups is 1. The van der Waals surface area contributed by atoms with Crippen LogP contribution in [0.25, 0.3) is 0 Å². The van der Waals surface area contributed by atoms with Crippen molar-refractivity contribution in [1.29, 1.82) is 0 Å². The van der Waals surface area contributed by atoms with Gasteiger partial charge < -0.3 is 9.73 Å². The summed E-state index contributed by atoms with van der Waals surface area (Å²) < 4.78 is 5.37. The Balaban J connectivity index is 1.19. The van der Waals surface area contributed by atoms with E-state index in [9.17, 15) is 4.79 Å². The summed E-state index contributed by atoms with van der Waals surface area (Å²) in [5.41, 5.74) is 1.33. The van der Waals surface area contributed by atoms with Gasteiger partial charge in [0.2, 0.25) is 5.91 Å². The van der Waals surface area contributed by atoms with Crippen molar-refractivity contribution in [2.45, 2.75) is 50.9 Å². The number of carbonyl (C=O) groups excluding carboxylic acids is 1. The van der Waals surface area contributed by atoms with Crippen LogP contribution in [0.2, 0.25) is 0 Å². The third-order valence-electron chi connectivity index (χ3n) is 4.79. The third kappa shape index (κ3) is 3.34. The molecule has 0 aromatic carbocycles. The van der Waals surface area contributed by atoms with E-state index in [1.54, 1.807) is 6.26 Å². The minimum Gasteiger partial charge on any atom is -0.469 e. The zero-order chi connectivity index (χ0) is 15.6. The zero-order valence-corrected chi connectivity index (χ0v) is 14.0. The highest BCUT2D eigenvalue weighted by atomic mass is 32.1. The monoisotopic (exact) mass is 330 g/mol. The highest BCUT2D eigenvalue weighted by Gasteiger charge is 2.45. The number of fused-ring (bicyclic) bond motifs is 1. The highest BCUT2D eigenvalue weighted by molar-refractivity contribution is 7.11. The van der Waals surface area contributed by atoms with Gasteiger partial charge >= 0.3 is 0 Å². The molecular formula is C18H22N2O2S. The SMILES string of the molecule is O=C(NCCCc1nc2c(s1)CCCC2)[C@H]1C[C@H]1c1ccco1. The summed E-state index contributed by atoms with van der Waals surface area (Å²) >= 11 is 1.88. The van der Waals surface area contributed by atoms with Gasteiger partial charge in [-0.25, -0.2) is 4.98 Å². The molecule has 4 nitrogen and oxygen atoms in total. The fraction of sp³-hybridized carbons (Fsp3) is 0.556. The molecule has 1 fully saturated rings. The average molecular weight is 330 g/mol. The van der Waals surface area contributed by atoms with Gasteiger partial charge in [0.15, 0.2) is 0 Å². The molecule has 0 radical (unpaired) electrons. The van der Waals surface area contributed by atoms with E-state index >= 15 is 0 Å². The number of aromatic nitrogens is 1. The molecule has 4 rings (SSSR count). The van der Waals surface area contributed by atoms with E-state index in [0.29, 0.717) is 0 Å². The molecule has 2 atom stereocenters. The molecule has 122 valence electrons. The number of hydrogen-bond acceptors (Lipinski definition) is 4. The molecule has 0 unspecified atom stereocenters. The van der Waals surface area contributed by atoms with Gasteiger partial charge in [-0.15, -0.1) is 11.3 Å². The van der Waals surface area contributed by atoms with Gasteiger partial charge in [-0.3, -0.25) is 4.79 Å². The lowest BCUT2D eigenvalue weighted by Gasteiger charge is -2.06. The number of nitrogens with zero attached hydrogens (tertiary/aromatic N) is 1. The molecule has 1 amide bonds. The van der Waals surface area contributed by atoms with E-state index in [1.807, 2.05) is 23.5 Å². The van der Waals surface area contributed by atoms with Crippen LogP contribution in [0, 0.1) is 5.92 Å². The summed E-state index contributed by atoms with van der Waals surface area (Å²) in [6, 6.07) is 3.85. The van der Waals surface area contributed by atoms with Crippen LogP contribution >= 0.6 is 11.3 Å². The van der Waals surface area contributed by atoms with Crippen molar-refractivity contribution in [1.82, 2.24) is 10.3 Å². The molecule has 0 saturated heterocycles. The molecule has 1 N–H and O–H groups in total. The Morgan fingerprint density at radius 3 is 3.13 bits per heavy atom. The molecule has 23 heavy (non-hydrogen) atoms. The van der Waals surface area contributed by atoms with Crippen LogP contribution in [0.1, 0.15) is 52.9 Å². The first kappa shape index (κ1) is 14.9. The first-order valence-corrected chi connectivity index (χ1v) is 9.41. The molecule has 2 aromatic rings.